The summed E-state index contributed by atoms with van der Waals surface area (Å²) in [5, 5.41) is 0. The van der Waals surface area contributed by atoms with Crippen LogP contribution in [0.2, 0.25) is 0 Å². The maximum absolute atomic E-state index is 11.8. The molecule has 1 aliphatic carbocycles. The van der Waals surface area contributed by atoms with Crippen LogP contribution in [-0.2, 0) is 11.2 Å². The molecule has 0 atom stereocenters. The third-order valence-corrected chi connectivity index (χ3v) is 2.60. The molecule has 1 aromatic heterocycles. The molecular weight excluding hydrogens is 247 g/mol. The van der Waals surface area contributed by atoms with Crippen LogP contribution in [0.3, 0.4) is 0 Å². The molecule has 0 amide bonds. The molecule has 1 heterocycles. The average Bonchev–Trinajstić information content (AvgIpc) is 3.09. The Bertz CT molecular complexity index is 418. The lowest BCUT2D eigenvalue weighted by molar-refractivity contribution is -0.173. The van der Waals surface area contributed by atoms with Crippen molar-refractivity contribution in [3.8, 4) is 0 Å². The molecule has 0 bridgehead atoms. The number of aromatic nitrogens is 2. The molecule has 0 aromatic carbocycles. The molecule has 0 spiro atoms. The highest BCUT2D eigenvalue weighted by atomic mass is 19.4. The number of rotatable bonds is 5. The molecule has 1 fully saturated rings. The number of alkyl halides is 3. The maximum atomic E-state index is 11.8. The zero-order chi connectivity index (χ0) is 13.2. The lowest BCUT2D eigenvalue weighted by atomic mass is 10.2. The topological polar surface area (TPSA) is 61.0 Å². The second-order valence-electron chi connectivity index (χ2n) is 4.32. The Morgan fingerprint density at radius 3 is 2.72 bits per heavy atom. The second-order valence-corrected chi connectivity index (χ2v) is 4.32. The molecule has 0 saturated heterocycles. The SMILES string of the molecule is Nc1cnc(CCOCC(F)(F)F)nc1C1CC1. The minimum Gasteiger partial charge on any atom is -0.396 e. The van der Waals surface area contributed by atoms with Gasteiger partial charge in [0.15, 0.2) is 0 Å². The van der Waals surface area contributed by atoms with Crippen LogP contribution in [0.15, 0.2) is 6.20 Å². The zero-order valence-corrected chi connectivity index (χ0v) is 9.70. The molecule has 0 radical (unpaired) electrons. The zero-order valence-electron chi connectivity index (χ0n) is 9.70. The van der Waals surface area contributed by atoms with Crippen molar-refractivity contribution >= 4 is 5.69 Å². The molecule has 0 unspecified atom stereocenters. The molecule has 1 saturated carbocycles. The Hall–Kier alpha value is -1.37. The van der Waals surface area contributed by atoms with Crippen LogP contribution < -0.4 is 5.73 Å². The van der Waals surface area contributed by atoms with Gasteiger partial charge in [-0.1, -0.05) is 0 Å². The Kier molecular flexibility index (Phi) is 3.70. The fourth-order valence-electron chi connectivity index (χ4n) is 1.60. The van der Waals surface area contributed by atoms with Crippen molar-refractivity contribution in [2.24, 2.45) is 0 Å². The van der Waals surface area contributed by atoms with Gasteiger partial charge in [0.1, 0.15) is 12.4 Å². The standard InChI is InChI=1S/C11H14F3N3O/c12-11(13,14)6-18-4-3-9-16-5-8(15)10(17-9)7-1-2-7/h5,7H,1-4,6,15H2. The van der Waals surface area contributed by atoms with Gasteiger partial charge in [-0.05, 0) is 12.8 Å². The highest BCUT2D eigenvalue weighted by Crippen LogP contribution is 2.41. The van der Waals surface area contributed by atoms with Crippen LogP contribution in [-0.4, -0.2) is 29.4 Å². The van der Waals surface area contributed by atoms with Gasteiger partial charge < -0.3 is 10.5 Å². The number of nitrogens with zero attached hydrogens (tertiary/aromatic N) is 2. The van der Waals surface area contributed by atoms with Crippen LogP contribution in [0.1, 0.15) is 30.3 Å². The molecule has 18 heavy (non-hydrogen) atoms. The third-order valence-electron chi connectivity index (χ3n) is 2.60. The number of halogens is 3. The lowest BCUT2D eigenvalue weighted by Gasteiger charge is -2.08. The normalized spacial score (nSPS) is 15.9. The van der Waals surface area contributed by atoms with Gasteiger partial charge in [-0.15, -0.1) is 0 Å². The molecular formula is C11H14F3N3O. The van der Waals surface area contributed by atoms with Gasteiger partial charge in [0.05, 0.1) is 24.2 Å². The first-order chi connectivity index (χ1) is 8.46. The predicted octanol–water partition coefficient (Wildman–Crippen LogP) is 2.06. The molecule has 0 aliphatic heterocycles. The summed E-state index contributed by atoms with van der Waals surface area (Å²) in [5.74, 6) is 0.871. The molecule has 100 valence electrons. The summed E-state index contributed by atoms with van der Waals surface area (Å²) in [6, 6.07) is 0. The smallest absolute Gasteiger partial charge is 0.396 e. The molecule has 1 aliphatic rings. The van der Waals surface area contributed by atoms with Gasteiger partial charge >= 0.3 is 6.18 Å². The summed E-state index contributed by atoms with van der Waals surface area (Å²) in [6.45, 7) is -1.29. The van der Waals surface area contributed by atoms with Crippen LogP contribution in [0.4, 0.5) is 18.9 Å². The van der Waals surface area contributed by atoms with Crippen molar-refractivity contribution < 1.29 is 17.9 Å². The van der Waals surface area contributed by atoms with Gasteiger partial charge in [-0.25, -0.2) is 9.97 Å². The quantitative estimate of drug-likeness (QED) is 0.824. The Morgan fingerprint density at radius 1 is 1.39 bits per heavy atom. The van der Waals surface area contributed by atoms with Gasteiger partial charge in [0, 0.05) is 12.3 Å². The molecule has 7 heteroatoms. The first-order valence-corrected chi connectivity index (χ1v) is 5.71. The van der Waals surface area contributed by atoms with E-state index in [4.69, 9.17) is 5.73 Å². The summed E-state index contributed by atoms with van der Waals surface area (Å²) in [6.07, 6.45) is -0.395. The van der Waals surface area contributed by atoms with E-state index in [1.165, 1.54) is 6.20 Å². The molecule has 2 N–H and O–H groups in total. The number of anilines is 1. The Morgan fingerprint density at radius 2 is 2.11 bits per heavy atom. The van der Waals surface area contributed by atoms with E-state index in [2.05, 4.69) is 14.7 Å². The van der Waals surface area contributed by atoms with E-state index >= 15 is 0 Å². The average molecular weight is 261 g/mol. The molecule has 4 nitrogen and oxygen atoms in total. The van der Waals surface area contributed by atoms with E-state index in [1.54, 1.807) is 0 Å². The molecule has 1 aromatic rings. The van der Waals surface area contributed by atoms with Crippen molar-refractivity contribution in [2.75, 3.05) is 18.9 Å². The number of hydrogen-bond donors (Lipinski definition) is 1. The molecule has 2 rings (SSSR count). The van der Waals surface area contributed by atoms with E-state index < -0.39 is 12.8 Å². The number of nitrogens with two attached hydrogens (primary N) is 1. The highest BCUT2D eigenvalue weighted by molar-refractivity contribution is 5.44. The third kappa shape index (κ3) is 3.83. The van der Waals surface area contributed by atoms with Crippen LogP contribution >= 0.6 is 0 Å². The Labute approximate surface area is 102 Å². The summed E-state index contributed by atoms with van der Waals surface area (Å²) in [4.78, 5) is 8.26. The minimum absolute atomic E-state index is 0.0481. The second kappa shape index (κ2) is 5.09. The fraction of sp³-hybridized carbons (Fsp3) is 0.636. The van der Waals surface area contributed by atoms with E-state index in [0.29, 0.717) is 17.4 Å². The van der Waals surface area contributed by atoms with Gasteiger partial charge in [-0.3, -0.25) is 0 Å². The van der Waals surface area contributed by atoms with Crippen LogP contribution in [0.5, 0.6) is 0 Å². The summed E-state index contributed by atoms with van der Waals surface area (Å²) in [5.41, 5.74) is 7.11. The number of hydrogen-bond acceptors (Lipinski definition) is 4. The van der Waals surface area contributed by atoms with E-state index in [-0.39, 0.29) is 13.0 Å². The van der Waals surface area contributed by atoms with Gasteiger partial charge in [0.25, 0.3) is 0 Å². The van der Waals surface area contributed by atoms with E-state index in [1.807, 2.05) is 0 Å². The van der Waals surface area contributed by atoms with Crippen molar-refractivity contribution in [3.05, 3.63) is 17.7 Å². The monoisotopic (exact) mass is 261 g/mol. The first kappa shape index (κ1) is 13.1. The highest BCUT2D eigenvalue weighted by Gasteiger charge is 2.28. The van der Waals surface area contributed by atoms with Gasteiger partial charge in [0.2, 0.25) is 0 Å². The van der Waals surface area contributed by atoms with E-state index in [0.717, 1.165) is 18.5 Å². The maximum Gasteiger partial charge on any atom is 0.411 e. The number of ether oxygens (including phenoxy) is 1. The van der Waals surface area contributed by atoms with Crippen molar-refractivity contribution in [1.82, 2.24) is 9.97 Å². The summed E-state index contributed by atoms with van der Waals surface area (Å²) >= 11 is 0. The minimum atomic E-state index is -4.29. The van der Waals surface area contributed by atoms with Crippen molar-refractivity contribution in [3.63, 3.8) is 0 Å². The summed E-state index contributed by atoms with van der Waals surface area (Å²) < 4.78 is 40.0. The number of nitrogen functional groups attached to an aromatic ring is 1. The Balaban J connectivity index is 1.84. The van der Waals surface area contributed by atoms with Gasteiger partial charge in [-0.2, -0.15) is 13.2 Å². The van der Waals surface area contributed by atoms with Crippen molar-refractivity contribution in [2.45, 2.75) is 31.4 Å². The summed E-state index contributed by atoms with van der Waals surface area (Å²) in [7, 11) is 0. The largest absolute Gasteiger partial charge is 0.411 e. The van der Waals surface area contributed by atoms with Crippen LogP contribution in [0, 0.1) is 0 Å². The lowest BCUT2D eigenvalue weighted by Crippen LogP contribution is -2.18. The van der Waals surface area contributed by atoms with Crippen LogP contribution in [0.25, 0.3) is 0 Å². The predicted molar refractivity (Wildman–Crippen MR) is 59.0 cm³/mol. The fourth-order valence-corrected chi connectivity index (χ4v) is 1.60. The van der Waals surface area contributed by atoms with E-state index in [9.17, 15) is 13.2 Å². The van der Waals surface area contributed by atoms with Crippen molar-refractivity contribution in [1.29, 1.82) is 0 Å². The first-order valence-electron chi connectivity index (χ1n) is 5.71.